The van der Waals surface area contributed by atoms with Gasteiger partial charge >= 0.3 is 0 Å². The molecule has 4 nitrogen and oxygen atoms in total. The Morgan fingerprint density at radius 3 is 2.20 bits per heavy atom. The van der Waals surface area contributed by atoms with Crippen LogP contribution in [-0.2, 0) is 11.3 Å². The van der Waals surface area contributed by atoms with Gasteiger partial charge in [-0.05, 0) is 32.9 Å². The smallest absolute Gasteiger partial charge is 0.278 e. The van der Waals surface area contributed by atoms with E-state index in [0.717, 1.165) is 6.54 Å². The van der Waals surface area contributed by atoms with Crippen LogP contribution in [0.2, 0.25) is 0 Å². The Kier molecular flexibility index (Phi) is 6.02. The van der Waals surface area contributed by atoms with E-state index in [1.165, 1.54) is 16.2 Å². The number of hydrogen-bond acceptors (Lipinski definition) is 2. The van der Waals surface area contributed by atoms with E-state index in [2.05, 4.69) is 41.5 Å². The molecular weight excluding hydrogens is 250 g/mol. The lowest BCUT2D eigenvalue weighted by molar-refractivity contribution is -0.908. The van der Waals surface area contributed by atoms with E-state index in [1.807, 2.05) is 34.9 Å². The summed E-state index contributed by atoms with van der Waals surface area (Å²) < 4.78 is 0. The van der Waals surface area contributed by atoms with Gasteiger partial charge in [-0.25, -0.2) is 0 Å². The van der Waals surface area contributed by atoms with Crippen LogP contribution in [0.5, 0.6) is 0 Å². The predicted octanol–water partition coefficient (Wildman–Crippen LogP) is 0.680. The first-order valence-electron chi connectivity index (χ1n) is 7.20. The third-order valence-corrected chi connectivity index (χ3v) is 3.50. The Hall–Kier alpha value is -1.55. The number of carbonyl (C=O) groups excluding carboxylic acids is 1. The molecule has 112 valence electrons. The fourth-order valence-corrected chi connectivity index (χ4v) is 2.02. The standard InChI is InChI=1S/C16H27N3O/c1-12(2)17-16(20)13(3)19(6)11-14-7-9-15(10-8-14)18(4)5/h7-10,12-13H,11H2,1-6H3,(H,17,20)/p+1/t13-/m0/s1. The first-order valence-corrected chi connectivity index (χ1v) is 7.20. The van der Waals surface area contributed by atoms with Gasteiger partial charge in [-0.15, -0.1) is 0 Å². The number of carbonyl (C=O) groups is 1. The Morgan fingerprint density at radius 1 is 1.20 bits per heavy atom. The van der Waals surface area contributed by atoms with Crippen molar-refractivity contribution in [2.45, 2.75) is 39.4 Å². The molecule has 0 radical (unpaired) electrons. The quantitative estimate of drug-likeness (QED) is 0.803. The molecule has 0 aromatic heterocycles. The van der Waals surface area contributed by atoms with E-state index in [9.17, 15) is 4.79 Å². The number of likely N-dealkylation sites (N-methyl/N-ethyl adjacent to an activating group) is 1. The topological polar surface area (TPSA) is 36.8 Å². The van der Waals surface area contributed by atoms with Crippen molar-refractivity contribution in [1.82, 2.24) is 5.32 Å². The molecule has 1 amide bonds. The molecule has 0 heterocycles. The molecule has 0 fully saturated rings. The Morgan fingerprint density at radius 2 is 1.75 bits per heavy atom. The van der Waals surface area contributed by atoms with Gasteiger partial charge in [0.2, 0.25) is 0 Å². The second kappa shape index (κ2) is 7.29. The Bertz CT molecular complexity index is 426. The van der Waals surface area contributed by atoms with E-state index in [0.29, 0.717) is 0 Å². The third kappa shape index (κ3) is 4.85. The van der Waals surface area contributed by atoms with Crippen molar-refractivity contribution in [1.29, 1.82) is 0 Å². The summed E-state index contributed by atoms with van der Waals surface area (Å²) in [6.45, 7) is 6.79. The predicted molar refractivity (Wildman–Crippen MR) is 84.1 cm³/mol. The molecule has 2 atom stereocenters. The van der Waals surface area contributed by atoms with Crippen LogP contribution in [0.1, 0.15) is 26.3 Å². The zero-order chi connectivity index (χ0) is 15.3. The summed E-state index contributed by atoms with van der Waals surface area (Å²) in [6.07, 6.45) is 0. The van der Waals surface area contributed by atoms with Crippen LogP contribution in [0.15, 0.2) is 24.3 Å². The van der Waals surface area contributed by atoms with Crippen molar-refractivity contribution in [3.05, 3.63) is 29.8 Å². The van der Waals surface area contributed by atoms with Gasteiger partial charge in [0, 0.05) is 31.4 Å². The summed E-state index contributed by atoms with van der Waals surface area (Å²) in [4.78, 5) is 15.3. The number of anilines is 1. The zero-order valence-electron chi connectivity index (χ0n) is 13.5. The van der Waals surface area contributed by atoms with E-state index >= 15 is 0 Å². The number of nitrogens with one attached hydrogen (secondary N) is 2. The first-order chi connectivity index (χ1) is 9.31. The Balaban J connectivity index is 2.61. The monoisotopic (exact) mass is 278 g/mol. The molecule has 0 aliphatic carbocycles. The maximum absolute atomic E-state index is 12.0. The van der Waals surface area contributed by atoms with Gasteiger partial charge in [0.05, 0.1) is 7.05 Å². The van der Waals surface area contributed by atoms with Gasteiger partial charge in [-0.1, -0.05) is 12.1 Å². The highest BCUT2D eigenvalue weighted by molar-refractivity contribution is 5.80. The van der Waals surface area contributed by atoms with Gasteiger partial charge in [-0.2, -0.15) is 0 Å². The molecule has 0 aliphatic heterocycles. The van der Waals surface area contributed by atoms with Gasteiger partial charge in [0.1, 0.15) is 6.54 Å². The van der Waals surface area contributed by atoms with Gasteiger partial charge < -0.3 is 15.1 Å². The number of quaternary nitrogens is 1. The highest BCUT2D eigenvalue weighted by Crippen LogP contribution is 2.11. The summed E-state index contributed by atoms with van der Waals surface area (Å²) in [7, 11) is 6.12. The van der Waals surface area contributed by atoms with Crippen molar-refractivity contribution >= 4 is 11.6 Å². The number of rotatable bonds is 6. The van der Waals surface area contributed by atoms with Crippen molar-refractivity contribution in [3.8, 4) is 0 Å². The second-order valence-electron chi connectivity index (χ2n) is 5.97. The van der Waals surface area contributed by atoms with Crippen LogP contribution in [-0.4, -0.2) is 39.1 Å². The molecule has 0 saturated carbocycles. The van der Waals surface area contributed by atoms with Crippen LogP contribution in [0.25, 0.3) is 0 Å². The molecule has 0 bridgehead atoms. The van der Waals surface area contributed by atoms with Crippen LogP contribution < -0.4 is 15.1 Å². The minimum absolute atomic E-state index is 0.0501. The van der Waals surface area contributed by atoms with Gasteiger partial charge in [0.25, 0.3) is 5.91 Å². The third-order valence-electron chi connectivity index (χ3n) is 3.50. The molecule has 1 aromatic rings. The van der Waals surface area contributed by atoms with E-state index in [-0.39, 0.29) is 18.0 Å². The average molecular weight is 278 g/mol. The van der Waals surface area contributed by atoms with Gasteiger partial charge in [0.15, 0.2) is 6.04 Å². The largest absolute Gasteiger partial charge is 0.378 e. The minimum Gasteiger partial charge on any atom is -0.378 e. The molecule has 20 heavy (non-hydrogen) atoms. The maximum atomic E-state index is 12.0. The summed E-state index contributed by atoms with van der Waals surface area (Å²) in [5.41, 5.74) is 2.44. The van der Waals surface area contributed by atoms with Crippen molar-refractivity contribution < 1.29 is 9.69 Å². The van der Waals surface area contributed by atoms with Crippen LogP contribution in [0.4, 0.5) is 5.69 Å². The zero-order valence-corrected chi connectivity index (χ0v) is 13.5. The fraction of sp³-hybridized carbons (Fsp3) is 0.562. The molecular formula is C16H28N3O+. The summed E-state index contributed by atoms with van der Waals surface area (Å²) in [6, 6.07) is 8.63. The molecule has 0 aliphatic rings. The first kappa shape index (κ1) is 16.5. The molecule has 2 N–H and O–H groups in total. The highest BCUT2D eigenvalue weighted by atomic mass is 16.2. The van der Waals surface area contributed by atoms with Crippen LogP contribution >= 0.6 is 0 Å². The molecule has 0 spiro atoms. The Labute approximate surface area is 122 Å². The number of amides is 1. The summed E-state index contributed by atoms with van der Waals surface area (Å²) in [5, 5.41) is 2.97. The summed E-state index contributed by atoms with van der Waals surface area (Å²) in [5.74, 6) is 0.113. The fourth-order valence-electron chi connectivity index (χ4n) is 2.02. The van der Waals surface area contributed by atoms with E-state index < -0.39 is 0 Å². The highest BCUT2D eigenvalue weighted by Gasteiger charge is 2.22. The summed E-state index contributed by atoms with van der Waals surface area (Å²) >= 11 is 0. The van der Waals surface area contributed by atoms with E-state index in [4.69, 9.17) is 0 Å². The van der Waals surface area contributed by atoms with Crippen LogP contribution in [0.3, 0.4) is 0 Å². The van der Waals surface area contributed by atoms with Crippen molar-refractivity contribution in [2.75, 3.05) is 26.0 Å². The second-order valence-corrected chi connectivity index (χ2v) is 5.97. The van der Waals surface area contributed by atoms with E-state index in [1.54, 1.807) is 0 Å². The normalized spacial score (nSPS) is 13.9. The SMILES string of the molecule is CC(C)NC(=O)[C@H](C)[NH+](C)Cc1ccc(N(C)C)cc1. The lowest BCUT2D eigenvalue weighted by Gasteiger charge is -2.22. The van der Waals surface area contributed by atoms with Crippen molar-refractivity contribution in [2.24, 2.45) is 0 Å². The number of nitrogens with zero attached hydrogens (tertiary/aromatic N) is 1. The average Bonchev–Trinajstić information content (AvgIpc) is 2.37. The number of hydrogen-bond donors (Lipinski definition) is 2. The molecule has 1 aromatic carbocycles. The molecule has 1 unspecified atom stereocenters. The molecule has 4 heteroatoms. The molecule has 1 rings (SSSR count). The molecule has 0 saturated heterocycles. The lowest BCUT2D eigenvalue weighted by Crippen LogP contribution is -3.12. The maximum Gasteiger partial charge on any atom is 0.278 e. The van der Waals surface area contributed by atoms with Crippen LogP contribution in [0, 0.1) is 0 Å². The van der Waals surface area contributed by atoms with Gasteiger partial charge in [-0.3, -0.25) is 4.79 Å². The number of benzene rings is 1. The lowest BCUT2D eigenvalue weighted by atomic mass is 10.1. The minimum atomic E-state index is -0.0501. The van der Waals surface area contributed by atoms with Crippen molar-refractivity contribution in [3.63, 3.8) is 0 Å².